The number of thiazole rings is 1. The molecule has 1 rings (SSSR count). The van der Waals surface area contributed by atoms with Crippen LogP contribution in [0.4, 0.5) is 0 Å². The predicted molar refractivity (Wildman–Crippen MR) is 77.9 cm³/mol. The maximum atomic E-state index is 10.9. The molecular formula is C13H25N3OS. The van der Waals surface area contributed by atoms with Gasteiger partial charge in [-0.05, 0) is 44.2 Å². The van der Waals surface area contributed by atoms with E-state index in [-0.39, 0.29) is 4.87 Å². The van der Waals surface area contributed by atoms with Gasteiger partial charge in [-0.3, -0.25) is 4.79 Å². The number of rotatable bonds is 9. The Labute approximate surface area is 113 Å². The van der Waals surface area contributed by atoms with Gasteiger partial charge in [-0.2, -0.15) is 0 Å². The number of nitrogens with two attached hydrogens (primary N) is 1. The first-order valence-electron chi connectivity index (χ1n) is 6.71. The fraction of sp³-hybridized carbons (Fsp3) is 0.769. The van der Waals surface area contributed by atoms with Crippen LogP contribution in [-0.4, -0.2) is 18.1 Å². The largest absolute Gasteiger partial charge is 0.330 e. The van der Waals surface area contributed by atoms with Gasteiger partial charge < -0.3 is 16.0 Å². The van der Waals surface area contributed by atoms with Crippen molar-refractivity contribution in [3.63, 3.8) is 0 Å². The minimum atomic E-state index is 0.0228. The zero-order valence-electron chi connectivity index (χ0n) is 11.4. The number of hydrogen-bond acceptors (Lipinski definition) is 4. The summed E-state index contributed by atoms with van der Waals surface area (Å²) in [6.45, 7) is 7.06. The molecule has 4 nitrogen and oxygen atoms in total. The summed E-state index contributed by atoms with van der Waals surface area (Å²) in [6.07, 6.45) is 3.51. The molecule has 0 fully saturated rings. The summed E-state index contributed by atoms with van der Waals surface area (Å²) in [4.78, 5) is 13.8. The van der Waals surface area contributed by atoms with Crippen molar-refractivity contribution in [3.05, 3.63) is 20.7 Å². The van der Waals surface area contributed by atoms with Crippen LogP contribution in [0.15, 0.2) is 10.2 Å². The number of H-pyrrole nitrogens is 1. The van der Waals surface area contributed by atoms with E-state index in [0.29, 0.717) is 5.92 Å². The van der Waals surface area contributed by atoms with E-state index in [0.717, 1.165) is 44.1 Å². The first kappa shape index (κ1) is 15.4. The molecule has 0 bridgehead atoms. The lowest BCUT2D eigenvalue weighted by Gasteiger charge is -2.19. The molecule has 1 heterocycles. The number of nitrogens with one attached hydrogen (secondary N) is 2. The molecule has 18 heavy (non-hydrogen) atoms. The third kappa shape index (κ3) is 5.80. The lowest BCUT2D eigenvalue weighted by atomic mass is 9.88. The molecule has 0 aliphatic heterocycles. The van der Waals surface area contributed by atoms with E-state index in [9.17, 15) is 4.79 Å². The Morgan fingerprint density at radius 3 is 2.78 bits per heavy atom. The maximum absolute atomic E-state index is 10.9. The van der Waals surface area contributed by atoms with Gasteiger partial charge in [-0.15, -0.1) is 0 Å². The molecular weight excluding hydrogens is 246 g/mol. The molecule has 1 unspecified atom stereocenters. The molecule has 0 saturated heterocycles. The molecule has 5 heteroatoms. The van der Waals surface area contributed by atoms with E-state index in [2.05, 4.69) is 24.1 Å². The van der Waals surface area contributed by atoms with Crippen molar-refractivity contribution in [3.8, 4) is 0 Å². The van der Waals surface area contributed by atoms with Gasteiger partial charge in [0, 0.05) is 17.6 Å². The second-order valence-corrected chi connectivity index (χ2v) is 5.92. The quantitative estimate of drug-likeness (QED) is 0.601. The van der Waals surface area contributed by atoms with Gasteiger partial charge in [0.15, 0.2) is 0 Å². The summed E-state index contributed by atoms with van der Waals surface area (Å²) in [5, 5.41) is 5.23. The van der Waals surface area contributed by atoms with E-state index in [1.807, 2.05) is 5.38 Å². The Balaban J connectivity index is 2.12. The Bertz CT molecular complexity index is 372. The Hall–Kier alpha value is -0.650. The molecule has 0 saturated carbocycles. The first-order chi connectivity index (χ1) is 8.63. The van der Waals surface area contributed by atoms with Crippen LogP contribution < -0.4 is 15.9 Å². The molecule has 0 radical (unpaired) electrons. The van der Waals surface area contributed by atoms with E-state index in [1.165, 1.54) is 17.8 Å². The highest BCUT2D eigenvalue weighted by Gasteiger charge is 2.11. The monoisotopic (exact) mass is 271 g/mol. The molecule has 0 aromatic carbocycles. The van der Waals surface area contributed by atoms with Crippen LogP contribution in [0.5, 0.6) is 0 Å². The summed E-state index contributed by atoms with van der Waals surface area (Å²) in [7, 11) is 0. The molecule has 1 aromatic heterocycles. The molecule has 0 aliphatic rings. The normalized spacial score (nSPS) is 13.1. The molecule has 1 atom stereocenters. The number of aromatic amines is 1. The zero-order chi connectivity index (χ0) is 13.4. The Kier molecular flexibility index (Phi) is 7.23. The minimum absolute atomic E-state index is 0.0228. The lowest BCUT2D eigenvalue weighted by Crippen LogP contribution is -2.19. The fourth-order valence-electron chi connectivity index (χ4n) is 2.14. The minimum Gasteiger partial charge on any atom is -0.330 e. The fourth-order valence-corrected chi connectivity index (χ4v) is 2.72. The predicted octanol–water partition coefficient (Wildman–Crippen LogP) is 1.93. The van der Waals surface area contributed by atoms with Crippen LogP contribution in [0.3, 0.4) is 0 Å². The second kappa shape index (κ2) is 8.45. The van der Waals surface area contributed by atoms with Crippen LogP contribution in [0.25, 0.3) is 0 Å². The molecule has 0 aliphatic carbocycles. The van der Waals surface area contributed by atoms with Crippen LogP contribution >= 0.6 is 11.3 Å². The van der Waals surface area contributed by atoms with Gasteiger partial charge >= 0.3 is 4.87 Å². The van der Waals surface area contributed by atoms with Gasteiger partial charge in [0.2, 0.25) is 0 Å². The van der Waals surface area contributed by atoms with Crippen molar-refractivity contribution < 1.29 is 0 Å². The maximum Gasteiger partial charge on any atom is 0.304 e. The number of hydrogen-bond donors (Lipinski definition) is 3. The highest BCUT2D eigenvalue weighted by molar-refractivity contribution is 7.07. The highest BCUT2D eigenvalue weighted by atomic mass is 32.1. The second-order valence-electron chi connectivity index (χ2n) is 5.07. The lowest BCUT2D eigenvalue weighted by molar-refractivity contribution is 0.331. The van der Waals surface area contributed by atoms with Gasteiger partial charge in [0.25, 0.3) is 0 Å². The molecule has 1 aromatic rings. The standard InChI is InChI=1S/C13H25N3OS/c1-10(2)11(5-6-14)4-3-7-15-8-12-9-18-13(17)16-12/h9-11,15H,3-8,14H2,1-2H3,(H,16,17). The van der Waals surface area contributed by atoms with Crippen molar-refractivity contribution in [1.82, 2.24) is 10.3 Å². The van der Waals surface area contributed by atoms with Crippen LogP contribution in [0.2, 0.25) is 0 Å². The third-order valence-electron chi connectivity index (χ3n) is 3.30. The average molecular weight is 271 g/mol. The van der Waals surface area contributed by atoms with Crippen molar-refractivity contribution in [2.75, 3.05) is 13.1 Å². The third-order valence-corrected chi connectivity index (χ3v) is 4.01. The van der Waals surface area contributed by atoms with Crippen molar-refractivity contribution in [2.24, 2.45) is 17.6 Å². The summed E-state index contributed by atoms with van der Waals surface area (Å²) in [5.41, 5.74) is 6.61. The Morgan fingerprint density at radius 2 is 2.22 bits per heavy atom. The van der Waals surface area contributed by atoms with E-state index in [1.54, 1.807) is 0 Å². The molecule has 0 amide bonds. The van der Waals surface area contributed by atoms with Crippen LogP contribution in [0.1, 0.15) is 38.8 Å². The smallest absolute Gasteiger partial charge is 0.304 e. The summed E-state index contributed by atoms with van der Waals surface area (Å²) in [5.74, 6) is 1.44. The summed E-state index contributed by atoms with van der Waals surface area (Å²) in [6, 6.07) is 0. The Morgan fingerprint density at radius 1 is 1.44 bits per heavy atom. The van der Waals surface area contributed by atoms with Crippen LogP contribution in [0, 0.1) is 11.8 Å². The SMILES string of the molecule is CC(C)C(CCN)CCCNCc1csc(=O)[nH]1. The van der Waals surface area contributed by atoms with Crippen molar-refractivity contribution >= 4 is 11.3 Å². The van der Waals surface area contributed by atoms with Gasteiger partial charge in [-0.1, -0.05) is 25.2 Å². The van der Waals surface area contributed by atoms with Gasteiger partial charge in [0.1, 0.15) is 0 Å². The van der Waals surface area contributed by atoms with E-state index in [4.69, 9.17) is 5.73 Å². The number of aromatic nitrogens is 1. The van der Waals surface area contributed by atoms with Gasteiger partial charge in [-0.25, -0.2) is 0 Å². The zero-order valence-corrected chi connectivity index (χ0v) is 12.2. The van der Waals surface area contributed by atoms with E-state index < -0.39 is 0 Å². The van der Waals surface area contributed by atoms with Gasteiger partial charge in [0.05, 0.1) is 0 Å². The highest BCUT2D eigenvalue weighted by Crippen LogP contribution is 2.19. The molecule has 4 N–H and O–H groups in total. The molecule has 104 valence electrons. The summed E-state index contributed by atoms with van der Waals surface area (Å²) < 4.78 is 0. The molecule has 0 spiro atoms. The topological polar surface area (TPSA) is 70.9 Å². The van der Waals surface area contributed by atoms with E-state index >= 15 is 0 Å². The van der Waals surface area contributed by atoms with Crippen LogP contribution in [-0.2, 0) is 6.54 Å². The summed E-state index contributed by atoms with van der Waals surface area (Å²) >= 11 is 1.22. The average Bonchev–Trinajstić information content (AvgIpc) is 2.73. The van der Waals surface area contributed by atoms with Crippen molar-refractivity contribution in [1.29, 1.82) is 0 Å². The first-order valence-corrected chi connectivity index (χ1v) is 7.59. The van der Waals surface area contributed by atoms with Crippen molar-refractivity contribution in [2.45, 2.75) is 39.7 Å².